The summed E-state index contributed by atoms with van der Waals surface area (Å²) in [6.45, 7) is 10.3. The Balaban J connectivity index is 2.00. The summed E-state index contributed by atoms with van der Waals surface area (Å²) in [6.07, 6.45) is 8.51. The molecule has 2 rings (SSSR count). The molecule has 2 fully saturated rings. The molecule has 0 aromatic heterocycles. The lowest BCUT2D eigenvalue weighted by atomic mass is 9.72. The fourth-order valence-electron chi connectivity index (χ4n) is 3.58. The first kappa shape index (κ1) is 14.3. The Morgan fingerprint density at radius 2 is 2.11 bits per heavy atom. The van der Waals surface area contributed by atoms with E-state index < -0.39 is 0 Å². The molecule has 106 valence electrons. The summed E-state index contributed by atoms with van der Waals surface area (Å²) in [5, 5.41) is 3.68. The van der Waals surface area contributed by atoms with E-state index in [0.717, 1.165) is 25.0 Å². The van der Waals surface area contributed by atoms with Crippen LogP contribution in [0.2, 0.25) is 0 Å². The van der Waals surface area contributed by atoms with E-state index in [4.69, 9.17) is 4.74 Å². The van der Waals surface area contributed by atoms with Gasteiger partial charge in [-0.2, -0.15) is 0 Å². The predicted octanol–water partition coefficient (Wildman–Crippen LogP) is 3.61. The van der Waals surface area contributed by atoms with E-state index in [1.807, 2.05) is 0 Å². The van der Waals surface area contributed by atoms with Gasteiger partial charge in [-0.15, -0.1) is 0 Å². The van der Waals surface area contributed by atoms with Crippen LogP contribution in [0, 0.1) is 17.3 Å². The molecule has 2 aliphatic rings. The summed E-state index contributed by atoms with van der Waals surface area (Å²) in [5.74, 6) is 1.70. The standard InChI is InChI=1S/C16H31NO/c1-4-9-17-12-16(11-13(3)5-2)8-10-18-15(16)14-6-7-14/h13-15,17H,4-12H2,1-3H3. The number of rotatable bonds is 8. The van der Waals surface area contributed by atoms with Crippen LogP contribution in [0.3, 0.4) is 0 Å². The van der Waals surface area contributed by atoms with Gasteiger partial charge in [-0.3, -0.25) is 0 Å². The Kier molecular flexibility index (Phi) is 5.08. The number of hydrogen-bond donors (Lipinski definition) is 1. The quantitative estimate of drug-likeness (QED) is 0.667. The van der Waals surface area contributed by atoms with Crippen molar-refractivity contribution in [1.29, 1.82) is 0 Å². The molecule has 1 heterocycles. The lowest BCUT2D eigenvalue weighted by Crippen LogP contribution is -2.43. The first-order chi connectivity index (χ1) is 8.72. The van der Waals surface area contributed by atoms with E-state index in [2.05, 4.69) is 26.1 Å². The highest BCUT2D eigenvalue weighted by atomic mass is 16.5. The normalized spacial score (nSPS) is 33.8. The summed E-state index contributed by atoms with van der Waals surface area (Å²) in [5.41, 5.74) is 0.436. The predicted molar refractivity (Wildman–Crippen MR) is 76.7 cm³/mol. The Bertz CT molecular complexity index is 251. The Morgan fingerprint density at radius 1 is 1.33 bits per heavy atom. The van der Waals surface area contributed by atoms with Gasteiger partial charge in [0.05, 0.1) is 6.10 Å². The van der Waals surface area contributed by atoms with Gasteiger partial charge in [0.2, 0.25) is 0 Å². The third-order valence-electron chi connectivity index (χ3n) is 4.91. The average molecular weight is 253 g/mol. The van der Waals surface area contributed by atoms with Crippen molar-refractivity contribution < 1.29 is 4.74 Å². The maximum Gasteiger partial charge on any atom is 0.0672 e. The monoisotopic (exact) mass is 253 g/mol. The zero-order chi connectivity index (χ0) is 13.0. The van der Waals surface area contributed by atoms with Crippen LogP contribution in [-0.2, 0) is 4.74 Å². The fourth-order valence-corrected chi connectivity index (χ4v) is 3.58. The molecule has 0 radical (unpaired) electrons. The van der Waals surface area contributed by atoms with E-state index in [-0.39, 0.29) is 0 Å². The summed E-state index contributed by atoms with van der Waals surface area (Å²) in [4.78, 5) is 0. The minimum Gasteiger partial charge on any atom is -0.377 e. The van der Waals surface area contributed by atoms with Gasteiger partial charge in [-0.05, 0) is 50.5 Å². The second-order valence-electron chi connectivity index (χ2n) is 6.64. The molecule has 18 heavy (non-hydrogen) atoms. The maximum atomic E-state index is 6.13. The molecule has 1 N–H and O–H groups in total. The smallest absolute Gasteiger partial charge is 0.0672 e. The molecule has 3 unspecified atom stereocenters. The second-order valence-corrected chi connectivity index (χ2v) is 6.64. The molecule has 1 aliphatic carbocycles. The van der Waals surface area contributed by atoms with Gasteiger partial charge in [0.15, 0.2) is 0 Å². The zero-order valence-electron chi connectivity index (χ0n) is 12.5. The second kappa shape index (κ2) is 6.38. The van der Waals surface area contributed by atoms with Gasteiger partial charge in [-0.25, -0.2) is 0 Å². The summed E-state index contributed by atoms with van der Waals surface area (Å²) in [6, 6.07) is 0. The number of ether oxygens (including phenoxy) is 1. The van der Waals surface area contributed by atoms with Crippen molar-refractivity contribution in [2.45, 2.75) is 65.4 Å². The van der Waals surface area contributed by atoms with Crippen LogP contribution < -0.4 is 5.32 Å². The molecule has 3 atom stereocenters. The third kappa shape index (κ3) is 3.27. The van der Waals surface area contributed by atoms with Gasteiger partial charge in [0.1, 0.15) is 0 Å². The molecule has 1 aliphatic heterocycles. The SMILES string of the molecule is CCCNCC1(CC(C)CC)CCOC1C1CC1. The minimum absolute atomic E-state index is 0.436. The van der Waals surface area contributed by atoms with E-state index in [0.29, 0.717) is 11.5 Å². The molecule has 0 spiro atoms. The van der Waals surface area contributed by atoms with Gasteiger partial charge in [-0.1, -0.05) is 27.2 Å². The first-order valence-electron chi connectivity index (χ1n) is 8.04. The van der Waals surface area contributed by atoms with Crippen molar-refractivity contribution in [3.63, 3.8) is 0 Å². The highest BCUT2D eigenvalue weighted by molar-refractivity contribution is 5.01. The molecule has 1 saturated carbocycles. The zero-order valence-corrected chi connectivity index (χ0v) is 12.5. The van der Waals surface area contributed by atoms with E-state index >= 15 is 0 Å². The van der Waals surface area contributed by atoms with Crippen molar-refractivity contribution in [1.82, 2.24) is 5.32 Å². The van der Waals surface area contributed by atoms with E-state index in [9.17, 15) is 0 Å². The van der Waals surface area contributed by atoms with Crippen molar-refractivity contribution in [2.24, 2.45) is 17.3 Å². The molecular weight excluding hydrogens is 222 g/mol. The van der Waals surface area contributed by atoms with Crippen molar-refractivity contribution in [3.8, 4) is 0 Å². The Labute approximate surface area is 113 Å². The average Bonchev–Trinajstić information content (AvgIpc) is 3.13. The topological polar surface area (TPSA) is 21.3 Å². The molecular formula is C16H31NO. The molecule has 0 aromatic rings. The van der Waals surface area contributed by atoms with Crippen molar-refractivity contribution in [3.05, 3.63) is 0 Å². The Hall–Kier alpha value is -0.0800. The van der Waals surface area contributed by atoms with Crippen molar-refractivity contribution in [2.75, 3.05) is 19.7 Å². The largest absolute Gasteiger partial charge is 0.377 e. The number of hydrogen-bond acceptors (Lipinski definition) is 2. The third-order valence-corrected chi connectivity index (χ3v) is 4.91. The van der Waals surface area contributed by atoms with Gasteiger partial charge in [0.25, 0.3) is 0 Å². The molecule has 2 nitrogen and oxygen atoms in total. The van der Waals surface area contributed by atoms with E-state index in [1.165, 1.54) is 45.1 Å². The first-order valence-corrected chi connectivity index (χ1v) is 8.04. The molecule has 1 saturated heterocycles. The van der Waals surface area contributed by atoms with Gasteiger partial charge < -0.3 is 10.1 Å². The van der Waals surface area contributed by atoms with Crippen LogP contribution in [0.25, 0.3) is 0 Å². The van der Waals surface area contributed by atoms with Crippen LogP contribution in [0.1, 0.15) is 59.3 Å². The number of nitrogens with one attached hydrogen (secondary N) is 1. The minimum atomic E-state index is 0.436. The lowest BCUT2D eigenvalue weighted by Gasteiger charge is -2.37. The highest BCUT2D eigenvalue weighted by Crippen LogP contribution is 2.50. The van der Waals surface area contributed by atoms with Gasteiger partial charge in [0, 0.05) is 18.6 Å². The van der Waals surface area contributed by atoms with E-state index in [1.54, 1.807) is 0 Å². The summed E-state index contributed by atoms with van der Waals surface area (Å²) < 4.78 is 6.13. The van der Waals surface area contributed by atoms with Crippen LogP contribution >= 0.6 is 0 Å². The summed E-state index contributed by atoms with van der Waals surface area (Å²) >= 11 is 0. The molecule has 0 amide bonds. The molecule has 2 heteroatoms. The lowest BCUT2D eigenvalue weighted by molar-refractivity contribution is 0.0194. The maximum absolute atomic E-state index is 6.13. The fraction of sp³-hybridized carbons (Fsp3) is 1.00. The molecule has 0 aromatic carbocycles. The highest BCUT2D eigenvalue weighted by Gasteiger charge is 2.50. The van der Waals surface area contributed by atoms with Crippen LogP contribution in [0.4, 0.5) is 0 Å². The van der Waals surface area contributed by atoms with Gasteiger partial charge >= 0.3 is 0 Å². The van der Waals surface area contributed by atoms with Crippen LogP contribution in [0.5, 0.6) is 0 Å². The van der Waals surface area contributed by atoms with Crippen LogP contribution in [0.15, 0.2) is 0 Å². The summed E-state index contributed by atoms with van der Waals surface area (Å²) in [7, 11) is 0. The van der Waals surface area contributed by atoms with Crippen LogP contribution in [-0.4, -0.2) is 25.8 Å². The van der Waals surface area contributed by atoms with Crippen molar-refractivity contribution >= 4 is 0 Å². The molecule has 0 bridgehead atoms. The Morgan fingerprint density at radius 3 is 2.72 bits per heavy atom.